The SMILES string of the molecule is CN(C[C@H]1O[C@@H](n2cnc3c(N)ncnc32)[C@H](O)[C@@H]1O)C1CC2CN(C(=O)Nc3ccc(C(C)(C)C)cc3)CC2C1. The molecular formula is C29H40N8O4. The Hall–Kier alpha value is -3.32. The fourth-order valence-electron chi connectivity index (χ4n) is 6.65. The van der Waals surface area contributed by atoms with Gasteiger partial charge < -0.3 is 35.8 Å². The van der Waals surface area contributed by atoms with E-state index in [4.69, 9.17) is 10.5 Å². The number of aliphatic hydroxyl groups excluding tert-OH is 2. The highest BCUT2D eigenvalue weighted by Crippen LogP contribution is 2.41. The molecule has 2 unspecified atom stereocenters. The average Bonchev–Trinajstić information content (AvgIpc) is 3.68. The molecule has 3 fully saturated rings. The number of anilines is 2. The molecule has 2 aromatic heterocycles. The van der Waals surface area contributed by atoms with Gasteiger partial charge in [0.15, 0.2) is 17.7 Å². The lowest BCUT2D eigenvalue weighted by molar-refractivity contribution is -0.0453. The second-order valence-electron chi connectivity index (χ2n) is 12.9. The number of carbonyl (C=O) groups excluding carboxylic acids is 1. The van der Waals surface area contributed by atoms with Gasteiger partial charge in [0.25, 0.3) is 0 Å². The van der Waals surface area contributed by atoms with E-state index in [1.165, 1.54) is 18.2 Å². The van der Waals surface area contributed by atoms with Gasteiger partial charge in [0, 0.05) is 31.4 Å². The minimum absolute atomic E-state index is 0.0469. The van der Waals surface area contributed by atoms with Crippen molar-refractivity contribution in [1.82, 2.24) is 29.3 Å². The van der Waals surface area contributed by atoms with Crippen LogP contribution in [0.2, 0.25) is 0 Å². The topological polar surface area (TPSA) is 155 Å². The first-order valence-electron chi connectivity index (χ1n) is 14.3. The smallest absolute Gasteiger partial charge is 0.321 e. The van der Waals surface area contributed by atoms with Crippen LogP contribution in [0.1, 0.15) is 45.4 Å². The van der Waals surface area contributed by atoms with Crippen molar-refractivity contribution in [3.8, 4) is 0 Å². The predicted octanol–water partition coefficient (Wildman–Crippen LogP) is 2.20. The molecule has 2 aliphatic heterocycles. The zero-order chi connectivity index (χ0) is 29.1. The molecule has 3 aliphatic rings. The third-order valence-electron chi connectivity index (χ3n) is 9.11. The number of amides is 2. The second kappa shape index (κ2) is 10.5. The number of likely N-dealkylation sites (tertiary alicyclic amines) is 1. The van der Waals surface area contributed by atoms with Crippen molar-refractivity contribution in [1.29, 1.82) is 0 Å². The summed E-state index contributed by atoms with van der Waals surface area (Å²) in [6.45, 7) is 8.47. The Kier molecular flexibility index (Phi) is 7.13. The molecule has 4 heterocycles. The minimum Gasteiger partial charge on any atom is -0.387 e. The Bertz CT molecular complexity index is 1390. The van der Waals surface area contributed by atoms with Crippen molar-refractivity contribution < 1.29 is 19.7 Å². The normalized spacial score (nSPS) is 29.9. The maximum atomic E-state index is 13.0. The van der Waals surface area contributed by atoms with E-state index in [2.05, 4.69) is 58.1 Å². The number of nitrogens with two attached hydrogens (primary N) is 1. The van der Waals surface area contributed by atoms with Gasteiger partial charge in [0.05, 0.1) is 6.33 Å². The molecule has 220 valence electrons. The fourth-order valence-corrected chi connectivity index (χ4v) is 6.65. The van der Waals surface area contributed by atoms with Crippen molar-refractivity contribution >= 4 is 28.7 Å². The Morgan fingerprint density at radius 1 is 1.10 bits per heavy atom. The van der Waals surface area contributed by atoms with Crippen molar-refractivity contribution in [2.75, 3.05) is 37.7 Å². The summed E-state index contributed by atoms with van der Waals surface area (Å²) in [6, 6.07) is 8.36. The Balaban J connectivity index is 1.02. The number of fused-ring (bicyclic) bond motifs is 2. The van der Waals surface area contributed by atoms with Crippen LogP contribution in [0.3, 0.4) is 0 Å². The largest absolute Gasteiger partial charge is 0.387 e. The van der Waals surface area contributed by atoms with E-state index in [0.717, 1.165) is 31.6 Å². The number of benzene rings is 1. The fraction of sp³-hybridized carbons (Fsp3) is 0.586. The summed E-state index contributed by atoms with van der Waals surface area (Å²) in [4.78, 5) is 29.6. The number of ether oxygens (including phenoxy) is 1. The number of hydrogen-bond donors (Lipinski definition) is 4. The summed E-state index contributed by atoms with van der Waals surface area (Å²) < 4.78 is 7.75. The molecule has 0 bridgehead atoms. The molecular weight excluding hydrogens is 524 g/mol. The molecule has 3 aromatic rings. The van der Waals surface area contributed by atoms with E-state index in [9.17, 15) is 15.0 Å². The number of likely N-dealkylation sites (N-methyl/N-ethyl adjacent to an activating group) is 1. The van der Waals surface area contributed by atoms with Crippen LogP contribution in [-0.2, 0) is 10.2 Å². The molecule has 41 heavy (non-hydrogen) atoms. The number of nitrogens with zero attached hydrogens (tertiary/aromatic N) is 6. The van der Waals surface area contributed by atoms with Crippen LogP contribution in [0.4, 0.5) is 16.3 Å². The van der Waals surface area contributed by atoms with Gasteiger partial charge in [-0.05, 0) is 54.8 Å². The molecule has 2 amide bonds. The maximum absolute atomic E-state index is 13.0. The van der Waals surface area contributed by atoms with Crippen molar-refractivity contribution in [2.24, 2.45) is 11.8 Å². The number of imidazole rings is 1. The number of aromatic nitrogens is 4. The molecule has 0 radical (unpaired) electrons. The summed E-state index contributed by atoms with van der Waals surface area (Å²) in [5.74, 6) is 1.12. The Morgan fingerprint density at radius 2 is 1.78 bits per heavy atom. The highest BCUT2D eigenvalue weighted by Gasteiger charge is 2.47. The number of urea groups is 1. The van der Waals surface area contributed by atoms with Crippen LogP contribution >= 0.6 is 0 Å². The molecule has 12 nitrogen and oxygen atoms in total. The predicted molar refractivity (Wildman–Crippen MR) is 154 cm³/mol. The summed E-state index contributed by atoms with van der Waals surface area (Å²) in [5, 5.41) is 24.7. The number of hydrogen-bond acceptors (Lipinski definition) is 9. The van der Waals surface area contributed by atoms with E-state index in [0.29, 0.717) is 35.6 Å². The van der Waals surface area contributed by atoms with Gasteiger partial charge in [-0.2, -0.15) is 0 Å². The molecule has 6 rings (SSSR count). The Labute approximate surface area is 239 Å². The zero-order valence-electron chi connectivity index (χ0n) is 24.0. The number of nitrogen functional groups attached to an aromatic ring is 1. The van der Waals surface area contributed by atoms with Crippen molar-refractivity contribution in [2.45, 2.75) is 69.6 Å². The molecule has 1 aliphatic carbocycles. The van der Waals surface area contributed by atoms with Crippen LogP contribution in [-0.4, -0.2) is 96.6 Å². The third kappa shape index (κ3) is 5.25. The van der Waals surface area contributed by atoms with E-state index < -0.39 is 24.5 Å². The zero-order valence-corrected chi connectivity index (χ0v) is 24.0. The average molecular weight is 565 g/mol. The van der Waals surface area contributed by atoms with Crippen LogP contribution < -0.4 is 11.1 Å². The monoisotopic (exact) mass is 564 g/mol. The van der Waals surface area contributed by atoms with Gasteiger partial charge in [-0.3, -0.25) is 4.57 Å². The van der Waals surface area contributed by atoms with Crippen LogP contribution in [0, 0.1) is 11.8 Å². The molecule has 2 saturated heterocycles. The van der Waals surface area contributed by atoms with E-state index in [1.54, 1.807) is 4.57 Å². The molecule has 6 atom stereocenters. The van der Waals surface area contributed by atoms with E-state index >= 15 is 0 Å². The molecule has 0 spiro atoms. The molecule has 1 aromatic carbocycles. The van der Waals surface area contributed by atoms with Gasteiger partial charge in [0.1, 0.15) is 30.2 Å². The van der Waals surface area contributed by atoms with E-state index in [-0.39, 0.29) is 17.3 Å². The van der Waals surface area contributed by atoms with Gasteiger partial charge >= 0.3 is 6.03 Å². The number of carbonyl (C=O) groups is 1. The van der Waals surface area contributed by atoms with Gasteiger partial charge in [0.2, 0.25) is 0 Å². The Morgan fingerprint density at radius 3 is 2.44 bits per heavy atom. The summed E-state index contributed by atoms with van der Waals surface area (Å²) in [6.07, 6.45) is 1.18. The number of rotatable bonds is 5. The van der Waals surface area contributed by atoms with Crippen LogP contribution in [0.25, 0.3) is 11.2 Å². The first kappa shape index (κ1) is 27.8. The first-order valence-corrected chi connectivity index (χ1v) is 14.3. The maximum Gasteiger partial charge on any atom is 0.321 e. The minimum atomic E-state index is -1.14. The number of aliphatic hydroxyl groups is 2. The summed E-state index contributed by atoms with van der Waals surface area (Å²) >= 11 is 0. The van der Waals surface area contributed by atoms with Crippen molar-refractivity contribution in [3.63, 3.8) is 0 Å². The second-order valence-corrected chi connectivity index (χ2v) is 12.9. The highest BCUT2D eigenvalue weighted by atomic mass is 16.6. The third-order valence-corrected chi connectivity index (χ3v) is 9.11. The summed E-state index contributed by atoms with van der Waals surface area (Å²) in [5.41, 5.74) is 8.89. The van der Waals surface area contributed by atoms with Gasteiger partial charge in [-0.25, -0.2) is 19.7 Å². The lowest BCUT2D eigenvalue weighted by Gasteiger charge is -2.29. The first-order chi connectivity index (χ1) is 19.5. The van der Waals surface area contributed by atoms with Crippen molar-refractivity contribution in [3.05, 3.63) is 42.5 Å². The van der Waals surface area contributed by atoms with Gasteiger partial charge in [-0.1, -0.05) is 32.9 Å². The number of nitrogens with one attached hydrogen (secondary N) is 1. The van der Waals surface area contributed by atoms with Crippen LogP contribution in [0.5, 0.6) is 0 Å². The molecule has 5 N–H and O–H groups in total. The van der Waals surface area contributed by atoms with E-state index in [1.807, 2.05) is 24.1 Å². The lowest BCUT2D eigenvalue weighted by Crippen LogP contribution is -2.42. The molecule has 1 saturated carbocycles. The lowest BCUT2D eigenvalue weighted by atomic mass is 9.87. The standard InChI is InChI=1S/C29H40N8O4/c1-29(2,3)18-5-7-19(8-6-18)34-28(40)36-11-16-9-20(10-17(16)12-36)35(4)13-21-23(38)24(39)27(41-21)37-15-33-22-25(30)31-14-32-26(22)37/h5-8,14-17,20-21,23-24,27,38-39H,9-13H2,1-4H3,(H,34,40)(H2,30,31,32)/t16?,17?,20?,21-,23-,24-,27-/m1/s1. The van der Waals surface area contributed by atoms with Crippen LogP contribution in [0.15, 0.2) is 36.9 Å². The summed E-state index contributed by atoms with van der Waals surface area (Å²) in [7, 11) is 2.04. The molecule has 12 heteroatoms. The highest BCUT2D eigenvalue weighted by molar-refractivity contribution is 5.89. The van der Waals surface area contributed by atoms with Gasteiger partial charge in [-0.15, -0.1) is 0 Å². The quantitative estimate of drug-likeness (QED) is 0.365.